The third kappa shape index (κ3) is 4.07. The average molecular weight is 438 g/mol. The molecule has 0 amide bonds. The van der Waals surface area contributed by atoms with Gasteiger partial charge >= 0.3 is 0 Å². The Kier molecular flexibility index (Phi) is 6.24. The van der Waals surface area contributed by atoms with Gasteiger partial charge in [0.2, 0.25) is 5.89 Å². The Hall–Kier alpha value is -1.95. The van der Waals surface area contributed by atoms with Crippen molar-refractivity contribution >= 4 is 0 Å². The van der Waals surface area contributed by atoms with Gasteiger partial charge < -0.3 is 18.7 Å². The Balaban J connectivity index is 1.39. The normalized spacial score (nSPS) is 30.2. The Morgan fingerprint density at radius 3 is 2.59 bits per heavy atom. The molecule has 1 saturated carbocycles. The van der Waals surface area contributed by atoms with Gasteiger partial charge in [0.25, 0.3) is 0 Å². The minimum atomic E-state index is -1.16. The van der Waals surface area contributed by atoms with Crippen LogP contribution in [0, 0.1) is 11.8 Å². The number of rotatable bonds is 8. The molecule has 2 bridgehead atoms. The molecule has 4 fully saturated rings. The molecule has 4 aliphatic rings. The van der Waals surface area contributed by atoms with E-state index in [2.05, 4.69) is 11.6 Å². The molecule has 5 heteroatoms. The summed E-state index contributed by atoms with van der Waals surface area (Å²) in [6.45, 7) is 8.61. The molecule has 172 valence electrons. The summed E-state index contributed by atoms with van der Waals surface area (Å²) < 4.78 is 13.5. The van der Waals surface area contributed by atoms with Gasteiger partial charge in [-0.1, -0.05) is 55.7 Å². The molecule has 0 spiro atoms. The first-order valence-electron chi connectivity index (χ1n) is 12.4. The number of aromatic nitrogens is 1. The molecular weight excluding hydrogens is 400 g/mol. The Morgan fingerprint density at radius 1 is 1.12 bits per heavy atom. The van der Waals surface area contributed by atoms with Crippen molar-refractivity contribution in [2.75, 3.05) is 26.2 Å². The number of quaternary nitrogens is 1. The van der Waals surface area contributed by atoms with Gasteiger partial charge in [-0.25, -0.2) is 4.98 Å². The first-order chi connectivity index (χ1) is 15.6. The number of hydrogen-bond acceptors (Lipinski definition) is 4. The van der Waals surface area contributed by atoms with Gasteiger partial charge in [0.05, 0.1) is 25.9 Å². The van der Waals surface area contributed by atoms with Gasteiger partial charge in [0.15, 0.2) is 11.4 Å². The fraction of sp³-hybridized carbons (Fsp3) is 0.593. The summed E-state index contributed by atoms with van der Waals surface area (Å²) in [5, 5.41) is 12.1. The van der Waals surface area contributed by atoms with Crippen LogP contribution in [0.2, 0.25) is 0 Å². The largest absolute Gasteiger partial charge is 0.436 e. The summed E-state index contributed by atoms with van der Waals surface area (Å²) in [4.78, 5) is 4.68. The molecular formula is C27H37N2O3+. The van der Waals surface area contributed by atoms with E-state index < -0.39 is 5.60 Å². The maximum absolute atomic E-state index is 12.1. The van der Waals surface area contributed by atoms with Crippen molar-refractivity contribution < 1.29 is 18.7 Å². The molecule has 6 rings (SSSR count). The van der Waals surface area contributed by atoms with Crippen molar-refractivity contribution in [3.05, 3.63) is 66.4 Å². The second-order valence-electron chi connectivity index (χ2n) is 10.2. The van der Waals surface area contributed by atoms with Crippen molar-refractivity contribution in [2.45, 2.75) is 63.2 Å². The first kappa shape index (κ1) is 21.9. The van der Waals surface area contributed by atoms with Crippen molar-refractivity contribution in [1.82, 2.24) is 4.98 Å². The molecule has 0 radical (unpaired) electrons. The van der Waals surface area contributed by atoms with Crippen LogP contribution in [0.25, 0.3) is 0 Å². The second kappa shape index (κ2) is 9.12. The van der Waals surface area contributed by atoms with E-state index in [0.717, 1.165) is 54.6 Å². The van der Waals surface area contributed by atoms with Crippen LogP contribution in [0.3, 0.4) is 0 Å². The highest BCUT2D eigenvalue weighted by Gasteiger charge is 2.48. The molecule has 4 heterocycles. The molecule has 1 aliphatic carbocycles. The lowest BCUT2D eigenvalue weighted by atomic mass is 9.73. The van der Waals surface area contributed by atoms with Crippen molar-refractivity contribution in [3.63, 3.8) is 0 Å². The number of hydrogen-bond donors (Lipinski definition) is 1. The SMILES string of the molecule is C=CCOC1C[N+]2(Cc3cnc([C@](O)(c4ccccc4)C4CCCCC4)o3)CCC1CC2. The predicted octanol–water partition coefficient (Wildman–Crippen LogP) is 4.80. The lowest BCUT2D eigenvalue weighted by Gasteiger charge is -2.51. The Labute approximate surface area is 191 Å². The Morgan fingerprint density at radius 2 is 1.88 bits per heavy atom. The van der Waals surface area contributed by atoms with Gasteiger partial charge in [0.1, 0.15) is 19.2 Å². The lowest BCUT2D eigenvalue weighted by Crippen LogP contribution is -2.63. The van der Waals surface area contributed by atoms with Crippen molar-refractivity contribution in [1.29, 1.82) is 0 Å². The molecule has 2 atom stereocenters. The van der Waals surface area contributed by atoms with E-state index in [1.807, 2.05) is 42.6 Å². The third-order valence-electron chi connectivity index (χ3n) is 8.25. The van der Waals surface area contributed by atoms with Crippen molar-refractivity contribution in [2.24, 2.45) is 11.8 Å². The standard InChI is InChI=1S/C27H37N2O3/c1-2-17-31-25-20-29(15-13-21(25)14-16-29)19-24-18-28-26(32-24)27(30,22-9-5-3-6-10-22)23-11-7-4-8-12-23/h2-3,5-6,9-10,18,21,23,25,30H,1,4,7-8,11-17,19-20H2/q+1/t21?,25?,27-,29?/m0/s1. The zero-order valence-corrected chi connectivity index (χ0v) is 19.1. The molecule has 5 nitrogen and oxygen atoms in total. The van der Waals surface area contributed by atoms with Crippen LogP contribution in [-0.2, 0) is 16.9 Å². The molecule has 1 aromatic heterocycles. The van der Waals surface area contributed by atoms with E-state index in [9.17, 15) is 5.11 Å². The predicted molar refractivity (Wildman–Crippen MR) is 124 cm³/mol. The van der Waals surface area contributed by atoms with Gasteiger partial charge in [-0.2, -0.15) is 0 Å². The first-order valence-corrected chi connectivity index (χ1v) is 12.4. The molecule has 2 aromatic rings. The van der Waals surface area contributed by atoms with E-state index >= 15 is 0 Å². The van der Waals surface area contributed by atoms with E-state index in [0.29, 0.717) is 24.5 Å². The zero-order valence-electron chi connectivity index (χ0n) is 19.1. The van der Waals surface area contributed by atoms with Crippen LogP contribution >= 0.6 is 0 Å². The van der Waals surface area contributed by atoms with E-state index in [4.69, 9.17) is 9.15 Å². The molecule has 1 aromatic carbocycles. The smallest absolute Gasteiger partial charge is 0.231 e. The maximum Gasteiger partial charge on any atom is 0.231 e. The van der Waals surface area contributed by atoms with Gasteiger partial charge in [0, 0.05) is 24.7 Å². The number of fused-ring (bicyclic) bond motifs is 3. The Bertz CT molecular complexity index is 897. The number of oxazole rings is 1. The highest BCUT2D eigenvalue weighted by molar-refractivity contribution is 5.30. The summed E-state index contributed by atoms with van der Waals surface area (Å²) >= 11 is 0. The van der Waals surface area contributed by atoms with Crippen LogP contribution in [0.4, 0.5) is 0 Å². The average Bonchev–Trinajstić information content (AvgIpc) is 3.32. The zero-order chi connectivity index (χ0) is 22.0. The number of piperidine rings is 3. The van der Waals surface area contributed by atoms with Gasteiger partial charge in [-0.3, -0.25) is 0 Å². The molecule has 3 aliphatic heterocycles. The van der Waals surface area contributed by atoms with E-state index in [1.165, 1.54) is 32.4 Å². The van der Waals surface area contributed by atoms with Crippen LogP contribution in [0.5, 0.6) is 0 Å². The fourth-order valence-corrected chi connectivity index (χ4v) is 6.46. The second-order valence-corrected chi connectivity index (χ2v) is 10.2. The maximum atomic E-state index is 12.1. The third-order valence-corrected chi connectivity index (χ3v) is 8.25. The minimum Gasteiger partial charge on any atom is -0.436 e. The molecule has 3 saturated heterocycles. The summed E-state index contributed by atoms with van der Waals surface area (Å²) in [7, 11) is 0. The fourth-order valence-electron chi connectivity index (χ4n) is 6.46. The summed E-state index contributed by atoms with van der Waals surface area (Å²) in [6.07, 6.45) is 12.0. The number of aliphatic hydroxyl groups is 1. The molecule has 1 N–H and O–H groups in total. The highest BCUT2D eigenvalue weighted by atomic mass is 16.5. The van der Waals surface area contributed by atoms with Crippen LogP contribution in [0.15, 0.2) is 53.6 Å². The van der Waals surface area contributed by atoms with Crippen LogP contribution in [0.1, 0.15) is 62.2 Å². The molecule has 1 unspecified atom stereocenters. The summed E-state index contributed by atoms with van der Waals surface area (Å²) in [6, 6.07) is 10.0. The van der Waals surface area contributed by atoms with E-state index in [1.54, 1.807) is 0 Å². The topological polar surface area (TPSA) is 55.5 Å². The summed E-state index contributed by atoms with van der Waals surface area (Å²) in [5.41, 5.74) is -0.270. The summed E-state index contributed by atoms with van der Waals surface area (Å²) in [5.74, 6) is 2.16. The van der Waals surface area contributed by atoms with Crippen LogP contribution in [-0.4, -0.2) is 46.9 Å². The number of benzene rings is 1. The van der Waals surface area contributed by atoms with Gasteiger partial charge in [-0.05, 0) is 18.4 Å². The highest BCUT2D eigenvalue weighted by Crippen LogP contribution is 2.44. The molecule has 32 heavy (non-hydrogen) atoms. The van der Waals surface area contributed by atoms with Crippen LogP contribution < -0.4 is 0 Å². The quantitative estimate of drug-likeness (QED) is 0.476. The van der Waals surface area contributed by atoms with Crippen molar-refractivity contribution in [3.8, 4) is 0 Å². The van der Waals surface area contributed by atoms with Gasteiger partial charge in [-0.15, -0.1) is 6.58 Å². The number of ether oxygens (including phenoxy) is 1. The lowest BCUT2D eigenvalue weighted by molar-refractivity contribution is -0.959. The monoisotopic (exact) mass is 437 g/mol. The number of nitrogens with zero attached hydrogens (tertiary/aromatic N) is 2. The van der Waals surface area contributed by atoms with E-state index in [-0.39, 0.29) is 5.92 Å². The minimum absolute atomic E-state index is 0.139.